The Hall–Kier alpha value is -1.36. The van der Waals surface area contributed by atoms with Crippen molar-refractivity contribution in [1.29, 1.82) is 0 Å². The summed E-state index contributed by atoms with van der Waals surface area (Å²) >= 11 is 0. The first-order chi connectivity index (χ1) is 6.00. The van der Waals surface area contributed by atoms with Gasteiger partial charge >= 0.3 is 0 Å². The van der Waals surface area contributed by atoms with Gasteiger partial charge in [0.2, 0.25) is 5.91 Å². The van der Waals surface area contributed by atoms with Crippen LogP contribution in [-0.4, -0.2) is 21.7 Å². The van der Waals surface area contributed by atoms with Gasteiger partial charge in [-0.2, -0.15) is 5.10 Å². The van der Waals surface area contributed by atoms with Gasteiger partial charge in [-0.25, -0.2) is 0 Å². The highest BCUT2D eigenvalue weighted by molar-refractivity contribution is 5.79. The summed E-state index contributed by atoms with van der Waals surface area (Å²) in [4.78, 5) is 10.7. The van der Waals surface area contributed by atoms with Gasteiger partial charge in [0, 0.05) is 5.69 Å². The molecule has 1 heterocycles. The van der Waals surface area contributed by atoms with Crippen molar-refractivity contribution in [2.45, 2.75) is 26.4 Å². The van der Waals surface area contributed by atoms with Crippen LogP contribution < -0.4 is 11.5 Å². The monoisotopic (exact) mass is 182 g/mol. The van der Waals surface area contributed by atoms with Gasteiger partial charge in [0.25, 0.3) is 0 Å². The number of amides is 1. The zero-order valence-electron chi connectivity index (χ0n) is 7.82. The minimum absolute atomic E-state index is 0.342. The van der Waals surface area contributed by atoms with E-state index >= 15 is 0 Å². The van der Waals surface area contributed by atoms with E-state index in [2.05, 4.69) is 5.10 Å². The molecule has 1 aromatic heterocycles. The first-order valence-electron chi connectivity index (χ1n) is 4.06. The number of nitrogens with zero attached hydrogens (tertiary/aromatic N) is 2. The number of aryl methyl sites for hydroxylation is 2. The Bertz CT molecular complexity index is 318. The predicted octanol–water partition coefficient (Wildman–Crippen LogP) is -0.687. The SMILES string of the molecule is Cc1cc(C)n(CC(N)C(N)=O)n1. The van der Waals surface area contributed by atoms with Crippen molar-refractivity contribution < 1.29 is 4.79 Å². The Morgan fingerprint density at radius 3 is 2.69 bits per heavy atom. The number of hydrogen-bond acceptors (Lipinski definition) is 3. The number of carbonyl (C=O) groups excluding carboxylic acids is 1. The van der Waals surface area contributed by atoms with Crippen LogP contribution in [0.15, 0.2) is 6.07 Å². The quantitative estimate of drug-likeness (QED) is 0.648. The molecule has 5 nitrogen and oxygen atoms in total. The van der Waals surface area contributed by atoms with E-state index in [1.165, 1.54) is 0 Å². The fourth-order valence-electron chi connectivity index (χ4n) is 1.14. The van der Waals surface area contributed by atoms with E-state index in [0.717, 1.165) is 11.4 Å². The van der Waals surface area contributed by atoms with E-state index in [1.807, 2.05) is 19.9 Å². The van der Waals surface area contributed by atoms with E-state index in [1.54, 1.807) is 4.68 Å². The molecule has 1 atom stereocenters. The maximum absolute atomic E-state index is 10.7. The molecule has 5 heteroatoms. The maximum Gasteiger partial charge on any atom is 0.236 e. The number of carbonyl (C=O) groups is 1. The Morgan fingerprint density at radius 2 is 2.31 bits per heavy atom. The number of nitrogens with two attached hydrogens (primary N) is 2. The average Bonchev–Trinajstić information content (AvgIpc) is 2.30. The summed E-state index contributed by atoms with van der Waals surface area (Å²) in [6.45, 7) is 4.14. The van der Waals surface area contributed by atoms with E-state index in [-0.39, 0.29) is 0 Å². The summed E-state index contributed by atoms with van der Waals surface area (Å²) in [6, 6.07) is 1.26. The second-order valence-electron chi connectivity index (χ2n) is 3.12. The molecular formula is C8H14N4O. The molecule has 0 saturated carbocycles. The fraction of sp³-hybridized carbons (Fsp3) is 0.500. The van der Waals surface area contributed by atoms with Crippen LogP contribution in [0.1, 0.15) is 11.4 Å². The molecule has 0 aromatic carbocycles. The minimum Gasteiger partial charge on any atom is -0.368 e. The average molecular weight is 182 g/mol. The van der Waals surface area contributed by atoms with Gasteiger partial charge in [-0.05, 0) is 19.9 Å². The molecule has 0 radical (unpaired) electrons. The van der Waals surface area contributed by atoms with Crippen LogP contribution in [0.3, 0.4) is 0 Å². The normalized spacial score (nSPS) is 12.8. The topological polar surface area (TPSA) is 86.9 Å². The fourth-order valence-corrected chi connectivity index (χ4v) is 1.14. The van der Waals surface area contributed by atoms with E-state index in [0.29, 0.717) is 6.54 Å². The lowest BCUT2D eigenvalue weighted by molar-refractivity contribution is -0.119. The molecule has 0 saturated heterocycles. The lowest BCUT2D eigenvalue weighted by Crippen LogP contribution is -2.40. The lowest BCUT2D eigenvalue weighted by Gasteiger charge is -2.08. The smallest absolute Gasteiger partial charge is 0.236 e. The molecule has 1 aromatic rings. The Morgan fingerprint density at radius 1 is 1.69 bits per heavy atom. The second kappa shape index (κ2) is 3.57. The summed E-state index contributed by atoms with van der Waals surface area (Å²) < 4.78 is 1.69. The summed E-state index contributed by atoms with van der Waals surface area (Å²) in [5, 5.41) is 4.16. The third-order valence-corrected chi connectivity index (χ3v) is 1.84. The van der Waals surface area contributed by atoms with Crippen molar-refractivity contribution in [3.8, 4) is 0 Å². The Kier molecular flexibility index (Phi) is 2.67. The van der Waals surface area contributed by atoms with Gasteiger partial charge in [-0.3, -0.25) is 9.48 Å². The molecule has 1 rings (SSSR count). The molecule has 0 aliphatic carbocycles. The number of aromatic nitrogens is 2. The summed E-state index contributed by atoms with van der Waals surface area (Å²) in [5.74, 6) is -0.507. The van der Waals surface area contributed by atoms with Crippen molar-refractivity contribution in [2.75, 3.05) is 0 Å². The van der Waals surface area contributed by atoms with Crippen LogP contribution in [0, 0.1) is 13.8 Å². The highest BCUT2D eigenvalue weighted by atomic mass is 16.1. The van der Waals surface area contributed by atoms with Crippen LogP contribution in [0.25, 0.3) is 0 Å². The Labute approximate surface area is 76.7 Å². The lowest BCUT2D eigenvalue weighted by atomic mass is 10.3. The molecular weight excluding hydrogens is 168 g/mol. The molecule has 13 heavy (non-hydrogen) atoms. The van der Waals surface area contributed by atoms with Crippen LogP contribution in [0.4, 0.5) is 0 Å². The third kappa shape index (κ3) is 2.29. The molecule has 0 aliphatic heterocycles. The standard InChI is InChI=1S/C8H14N4O/c1-5-3-6(2)12(11-5)4-7(9)8(10)13/h3,7H,4,9H2,1-2H3,(H2,10,13). The van der Waals surface area contributed by atoms with Crippen LogP contribution in [0.5, 0.6) is 0 Å². The summed E-state index contributed by atoms with van der Waals surface area (Å²) in [5.41, 5.74) is 12.4. The summed E-state index contributed by atoms with van der Waals surface area (Å²) in [7, 11) is 0. The van der Waals surface area contributed by atoms with Crippen molar-refractivity contribution in [3.05, 3.63) is 17.5 Å². The molecule has 0 fully saturated rings. The van der Waals surface area contributed by atoms with Gasteiger partial charge in [0.05, 0.1) is 12.2 Å². The van der Waals surface area contributed by atoms with Gasteiger partial charge in [-0.1, -0.05) is 0 Å². The molecule has 1 unspecified atom stereocenters. The van der Waals surface area contributed by atoms with E-state index in [9.17, 15) is 4.79 Å². The van der Waals surface area contributed by atoms with Gasteiger partial charge in [-0.15, -0.1) is 0 Å². The molecule has 0 spiro atoms. The van der Waals surface area contributed by atoms with Gasteiger partial charge in [0.1, 0.15) is 6.04 Å². The van der Waals surface area contributed by atoms with Crippen molar-refractivity contribution in [2.24, 2.45) is 11.5 Å². The zero-order valence-corrected chi connectivity index (χ0v) is 7.82. The number of rotatable bonds is 3. The highest BCUT2D eigenvalue weighted by Crippen LogP contribution is 2.01. The highest BCUT2D eigenvalue weighted by Gasteiger charge is 2.11. The van der Waals surface area contributed by atoms with Gasteiger partial charge in [0.15, 0.2) is 0 Å². The van der Waals surface area contributed by atoms with E-state index in [4.69, 9.17) is 11.5 Å². The van der Waals surface area contributed by atoms with Crippen LogP contribution in [0.2, 0.25) is 0 Å². The van der Waals surface area contributed by atoms with Crippen LogP contribution >= 0.6 is 0 Å². The number of hydrogen-bond donors (Lipinski definition) is 2. The van der Waals surface area contributed by atoms with E-state index < -0.39 is 11.9 Å². The molecule has 1 amide bonds. The second-order valence-corrected chi connectivity index (χ2v) is 3.12. The third-order valence-electron chi connectivity index (χ3n) is 1.84. The van der Waals surface area contributed by atoms with Crippen molar-refractivity contribution in [3.63, 3.8) is 0 Å². The largest absolute Gasteiger partial charge is 0.368 e. The molecule has 72 valence electrons. The maximum atomic E-state index is 10.7. The molecule has 4 N–H and O–H groups in total. The minimum atomic E-state index is -0.669. The zero-order chi connectivity index (χ0) is 10.0. The molecule has 0 aliphatic rings. The first kappa shape index (κ1) is 9.73. The number of primary amides is 1. The summed E-state index contributed by atoms with van der Waals surface area (Å²) in [6.07, 6.45) is 0. The van der Waals surface area contributed by atoms with Crippen molar-refractivity contribution in [1.82, 2.24) is 9.78 Å². The predicted molar refractivity (Wildman–Crippen MR) is 48.9 cm³/mol. The van der Waals surface area contributed by atoms with Gasteiger partial charge < -0.3 is 11.5 Å². The van der Waals surface area contributed by atoms with Crippen LogP contribution in [-0.2, 0) is 11.3 Å². The Balaban J connectivity index is 2.74. The first-order valence-corrected chi connectivity index (χ1v) is 4.06. The van der Waals surface area contributed by atoms with Crippen molar-refractivity contribution >= 4 is 5.91 Å². The molecule has 0 bridgehead atoms.